The molecule has 1 aromatic carbocycles. The molecule has 0 aliphatic rings. The molecule has 2 heterocycles. The summed E-state index contributed by atoms with van der Waals surface area (Å²) in [7, 11) is 0. The number of anilines is 1. The van der Waals surface area contributed by atoms with Crippen LogP contribution in [-0.4, -0.2) is 25.1 Å². The minimum atomic E-state index is -0.380. The molecule has 3 aromatic rings. The zero-order chi connectivity index (χ0) is 14.7. The zero-order valence-electron chi connectivity index (χ0n) is 10.7. The van der Waals surface area contributed by atoms with E-state index < -0.39 is 0 Å². The predicted octanol–water partition coefficient (Wildman–Crippen LogP) is 2.24. The van der Waals surface area contributed by atoms with Crippen molar-refractivity contribution in [2.45, 2.75) is 6.54 Å². The van der Waals surface area contributed by atoms with Gasteiger partial charge >= 0.3 is 5.00 Å². The van der Waals surface area contributed by atoms with Crippen molar-refractivity contribution >= 4 is 22.0 Å². The molecule has 21 heavy (non-hydrogen) atoms. The molecule has 9 heteroatoms. The van der Waals surface area contributed by atoms with Crippen LogP contribution in [0, 0.1) is 10.1 Å². The lowest BCUT2D eigenvalue weighted by Gasteiger charge is -2.05. The normalized spacial score (nSPS) is 10.5. The van der Waals surface area contributed by atoms with Crippen LogP contribution in [0.15, 0.2) is 42.0 Å². The summed E-state index contributed by atoms with van der Waals surface area (Å²) in [5.74, 6) is 0. The lowest BCUT2D eigenvalue weighted by Crippen LogP contribution is -1.99. The highest BCUT2D eigenvalue weighted by Crippen LogP contribution is 2.23. The summed E-state index contributed by atoms with van der Waals surface area (Å²) in [6.45, 7) is 0.536. The summed E-state index contributed by atoms with van der Waals surface area (Å²) < 4.78 is 1.56. The van der Waals surface area contributed by atoms with Crippen LogP contribution < -0.4 is 5.32 Å². The van der Waals surface area contributed by atoms with Gasteiger partial charge in [-0.25, -0.2) is 4.68 Å². The van der Waals surface area contributed by atoms with Crippen LogP contribution >= 0.6 is 11.3 Å². The highest BCUT2D eigenvalue weighted by Gasteiger charge is 2.09. The van der Waals surface area contributed by atoms with Gasteiger partial charge in [-0.05, 0) is 40.3 Å². The first-order valence-corrected chi connectivity index (χ1v) is 6.89. The molecule has 1 N–H and O–H groups in total. The largest absolute Gasteiger partial charge is 0.381 e. The second-order valence-electron chi connectivity index (χ2n) is 4.21. The molecule has 2 aromatic heterocycles. The molecule has 0 saturated heterocycles. The molecule has 0 atom stereocenters. The minimum Gasteiger partial charge on any atom is -0.381 e. The van der Waals surface area contributed by atoms with Gasteiger partial charge in [0.05, 0.1) is 10.6 Å². The first kappa shape index (κ1) is 13.2. The van der Waals surface area contributed by atoms with Gasteiger partial charge in [-0.3, -0.25) is 10.1 Å². The maximum absolute atomic E-state index is 10.6. The van der Waals surface area contributed by atoms with Gasteiger partial charge in [0.1, 0.15) is 6.33 Å². The van der Waals surface area contributed by atoms with E-state index in [1.165, 1.54) is 6.33 Å². The number of hydrogen-bond acceptors (Lipinski definition) is 7. The van der Waals surface area contributed by atoms with E-state index in [1.54, 1.807) is 16.1 Å². The van der Waals surface area contributed by atoms with E-state index in [-0.39, 0.29) is 9.92 Å². The first-order chi connectivity index (χ1) is 10.2. The Labute approximate surface area is 123 Å². The predicted molar refractivity (Wildman–Crippen MR) is 77.5 cm³/mol. The van der Waals surface area contributed by atoms with Gasteiger partial charge in [-0.1, -0.05) is 11.3 Å². The summed E-state index contributed by atoms with van der Waals surface area (Å²) in [6, 6.07) is 9.15. The molecule has 0 unspecified atom stereocenters. The van der Waals surface area contributed by atoms with Crippen molar-refractivity contribution in [3.63, 3.8) is 0 Å². The maximum atomic E-state index is 10.6. The SMILES string of the molecule is O=[N+]([O-])c1cc(CNc2ccc(-n3cnnn3)cc2)cs1. The lowest BCUT2D eigenvalue weighted by atomic mass is 10.2. The van der Waals surface area contributed by atoms with E-state index in [2.05, 4.69) is 20.8 Å². The Morgan fingerprint density at radius 1 is 1.33 bits per heavy atom. The number of benzene rings is 1. The van der Waals surface area contributed by atoms with Crippen LogP contribution in [0.2, 0.25) is 0 Å². The number of thiophene rings is 1. The monoisotopic (exact) mass is 302 g/mol. The molecule has 0 amide bonds. The molecule has 3 rings (SSSR count). The Balaban J connectivity index is 1.64. The highest BCUT2D eigenvalue weighted by molar-refractivity contribution is 7.13. The minimum absolute atomic E-state index is 0.154. The third-order valence-electron chi connectivity index (χ3n) is 2.80. The van der Waals surface area contributed by atoms with Crippen LogP contribution in [0.3, 0.4) is 0 Å². The Hall–Kier alpha value is -2.81. The van der Waals surface area contributed by atoms with Crippen LogP contribution in [0.5, 0.6) is 0 Å². The van der Waals surface area contributed by atoms with E-state index in [9.17, 15) is 10.1 Å². The number of hydrogen-bond donors (Lipinski definition) is 1. The average Bonchev–Trinajstić information content (AvgIpc) is 3.17. The van der Waals surface area contributed by atoms with E-state index in [4.69, 9.17) is 0 Å². The van der Waals surface area contributed by atoms with Crippen molar-refractivity contribution in [1.82, 2.24) is 20.2 Å². The summed E-state index contributed by atoms with van der Waals surface area (Å²) in [5, 5.41) is 26.7. The summed E-state index contributed by atoms with van der Waals surface area (Å²) in [5.41, 5.74) is 2.66. The van der Waals surface area contributed by atoms with Crippen LogP contribution in [0.1, 0.15) is 5.56 Å². The van der Waals surface area contributed by atoms with E-state index in [1.807, 2.05) is 24.3 Å². The van der Waals surface area contributed by atoms with Crippen molar-refractivity contribution in [2.24, 2.45) is 0 Å². The molecular formula is C12H10N6O2S. The van der Waals surface area contributed by atoms with Crippen LogP contribution in [-0.2, 0) is 6.54 Å². The Morgan fingerprint density at radius 3 is 2.76 bits per heavy atom. The fraction of sp³-hybridized carbons (Fsp3) is 0.0833. The molecule has 0 saturated carbocycles. The number of nitrogens with zero attached hydrogens (tertiary/aromatic N) is 5. The van der Waals surface area contributed by atoms with Gasteiger partial charge in [0, 0.05) is 23.7 Å². The number of nitro groups is 1. The number of aromatic nitrogens is 4. The Kier molecular flexibility index (Phi) is 3.56. The van der Waals surface area contributed by atoms with E-state index in [0.717, 1.165) is 28.3 Å². The fourth-order valence-electron chi connectivity index (χ4n) is 1.77. The number of rotatable bonds is 5. The number of tetrazole rings is 1. The molecule has 0 aliphatic heterocycles. The molecule has 106 valence electrons. The molecule has 8 nitrogen and oxygen atoms in total. The van der Waals surface area contributed by atoms with Gasteiger partial charge in [0.25, 0.3) is 0 Å². The lowest BCUT2D eigenvalue weighted by molar-refractivity contribution is -0.380. The first-order valence-electron chi connectivity index (χ1n) is 6.01. The number of nitrogens with one attached hydrogen (secondary N) is 1. The highest BCUT2D eigenvalue weighted by atomic mass is 32.1. The standard InChI is InChI=1S/C12H10N6O2S/c19-18(20)12-5-9(7-21-12)6-13-10-1-3-11(4-2-10)17-8-14-15-16-17/h1-5,7-8,13H,6H2. The smallest absolute Gasteiger partial charge is 0.324 e. The van der Waals surface area contributed by atoms with Crippen molar-refractivity contribution in [2.75, 3.05) is 5.32 Å². The molecule has 0 spiro atoms. The van der Waals surface area contributed by atoms with Crippen molar-refractivity contribution in [3.05, 3.63) is 57.7 Å². The summed E-state index contributed by atoms with van der Waals surface area (Å²) >= 11 is 1.13. The molecular weight excluding hydrogens is 292 g/mol. The third-order valence-corrected chi connectivity index (χ3v) is 3.73. The summed E-state index contributed by atoms with van der Waals surface area (Å²) in [6.07, 6.45) is 1.52. The van der Waals surface area contributed by atoms with Gasteiger partial charge < -0.3 is 5.32 Å². The second kappa shape index (κ2) is 5.67. The van der Waals surface area contributed by atoms with Crippen LogP contribution in [0.25, 0.3) is 5.69 Å². The van der Waals surface area contributed by atoms with E-state index >= 15 is 0 Å². The van der Waals surface area contributed by atoms with Gasteiger partial charge in [-0.15, -0.1) is 5.10 Å². The Morgan fingerprint density at radius 2 is 2.14 bits per heavy atom. The Bertz CT molecular complexity index is 737. The quantitative estimate of drug-likeness (QED) is 0.573. The van der Waals surface area contributed by atoms with Crippen LogP contribution in [0.4, 0.5) is 10.7 Å². The molecule has 0 fully saturated rings. The zero-order valence-corrected chi connectivity index (χ0v) is 11.5. The van der Waals surface area contributed by atoms with Gasteiger partial charge in [0.2, 0.25) is 0 Å². The van der Waals surface area contributed by atoms with Crippen molar-refractivity contribution in [3.8, 4) is 5.69 Å². The van der Waals surface area contributed by atoms with Gasteiger partial charge in [-0.2, -0.15) is 0 Å². The van der Waals surface area contributed by atoms with E-state index in [0.29, 0.717) is 6.54 Å². The van der Waals surface area contributed by atoms with Crippen molar-refractivity contribution in [1.29, 1.82) is 0 Å². The molecule has 0 aliphatic carbocycles. The van der Waals surface area contributed by atoms with Crippen molar-refractivity contribution < 1.29 is 4.92 Å². The molecule has 0 bridgehead atoms. The van der Waals surface area contributed by atoms with Gasteiger partial charge in [0.15, 0.2) is 0 Å². The molecule has 0 radical (unpaired) electrons. The second-order valence-corrected chi connectivity index (χ2v) is 5.09. The fourth-order valence-corrected chi connectivity index (χ4v) is 2.50. The topological polar surface area (TPSA) is 98.8 Å². The maximum Gasteiger partial charge on any atom is 0.324 e. The summed E-state index contributed by atoms with van der Waals surface area (Å²) in [4.78, 5) is 10.2. The average molecular weight is 302 g/mol. The third kappa shape index (κ3) is 3.03.